The summed E-state index contributed by atoms with van der Waals surface area (Å²) >= 11 is 0. The zero-order valence-electron chi connectivity index (χ0n) is 66.9. The Labute approximate surface area is 631 Å². The average molecular weight is 1500 g/mol. The van der Waals surface area contributed by atoms with Crippen LogP contribution in [-0.4, -0.2) is 96.7 Å². The maximum absolute atomic E-state index is 13.1. The molecule has 0 saturated carbocycles. The summed E-state index contributed by atoms with van der Waals surface area (Å²) in [5.74, 6) is -1.34. The molecular weight excluding hydrogens is 1340 g/mol. The lowest BCUT2D eigenvalue weighted by molar-refractivity contribution is -0.161. The molecule has 0 aliphatic rings. The minimum atomic E-state index is -4.97. The number of carbonyl (C=O) groups is 4. The molecule has 103 heavy (non-hydrogen) atoms. The zero-order valence-corrected chi connectivity index (χ0v) is 68.7. The molecule has 0 bridgehead atoms. The van der Waals surface area contributed by atoms with Crippen LogP contribution >= 0.6 is 15.6 Å². The number of aliphatic hydroxyl groups is 1. The van der Waals surface area contributed by atoms with Gasteiger partial charge >= 0.3 is 39.5 Å². The summed E-state index contributed by atoms with van der Waals surface area (Å²) in [7, 11) is -9.94. The molecule has 0 aromatic carbocycles. The Morgan fingerprint density at radius 3 is 0.796 bits per heavy atom. The molecule has 19 heteroatoms. The van der Waals surface area contributed by atoms with Gasteiger partial charge in [0.05, 0.1) is 26.4 Å². The van der Waals surface area contributed by atoms with Crippen molar-refractivity contribution in [2.75, 3.05) is 39.6 Å². The van der Waals surface area contributed by atoms with Gasteiger partial charge in [-0.15, -0.1) is 0 Å². The number of rotatable bonds is 82. The molecule has 0 fully saturated rings. The number of hydrogen-bond donors (Lipinski definition) is 3. The number of allylic oxidation sites excluding steroid dienone is 4. The Morgan fingerprint density at radius 2 is 0.524 bits per heavy atom. The number of carbonyl (C=O) groups excluding carboxylic acids is 4. The first-order valence-corrected chi connectivity index (χ1v) is 45.9. The Morgan fingerprint density at radius 1 is 0.301 bits per heavy atom. The molecule has 3 N–H and O–H groups in total. The fourth-order valence-electron chi connectivity index (χ4n) is 12.6. The molecule has 0 spiro atoms. The fourth-order valence-corrected chi connectivity index (χ4v) is 14.2. The van der Waals surface area contributed by atoms with Gasteiger partial charge in [0.15, 0.2) is 12.2 Å². The van der Waals surface area contributed by atoms with E-state index in [2.05, 4.69) is 58.9 Å². The van der Waals surface area contributed by atoms with E-state index in [0.717, 1.165) is 109 Å². The molecule has 5 atom stereocenters. The van der Waals surface area contributed by atoms with Gasteiger partial charge in [0, 0.05) is 25.7 Å². The minimum absolute atomic E-state index is 0.0858. The molecule has 0 aliphatic heterocycles. The van der Waals surface area contributed by atoms with Crippen LogP contribution in [0, 0.1) is 5.92 Å². The molecule has 0 rings (SSSR count). The van der Waals surface area contributed by atoms with Crippen molar-refractivity contribution >= 4 is 39.5 Å². The molecule has 0 aromatic rings. The van der Waals surface area contributed by atoms with E-state index in [-0.39, 0.29) is 25.7 Å². The normalized spacial score (nSPS) is 14.0. The first kappa shape index (κ1) is 101. The van der Waals surface area contributed by atoms with Gasteiger partial charge in [0.2, 0.25) is 0 Å². The summed E-state index contributed by atoms with van der Waals surface area (Å²) in [5, 5.41) is 10.7. The summed E-state index contributed by atoms with van der Waals surface area (Å²) in [4.78, 5) is 73.1. The Kier molecular flexibility index (Phi) is 74.5. The molecule has 0 radical (unpaired) electrons. The summed E-state index contributed by atoms with van der Waals surface area (Å²) < 4.78 is 68.8. The van der Waals surface area contributed by atoms with Crippen LogP contribution < -0.4 is 0 Å². The monoisotopic (exact) mass is 1500 g/mol. The van der Waals surface area contributed by atoms with Crippen LogP contribution in [0.5, 0.6) is 0 Å². The van der Waals surface area contributed by atoms with Crippen LogP contribution in [0.15, 0.2) is 24.3 Å². The van der Waals surface area contributed by atoms with Gasteiger partial charge in [-0.1, -0.05) is 374 Å². The van der Waals surface area contributed by atoms with Crippen molar-refractivity contribution in [3.05, 3.63) is 24.3 Å². The van der Waals surface area contributed by atoms with Crippen molar-refractivity contribution in [2.24, 2.45) is 5.92 Å². The third-order valence-electron chi connectivity index (χ3n) is 19.2. The van der Waals surface area contributed by atoms with E-state index in [0.29, 0.717) is 25.7 Å². The Bertz CT molecular complexity index is 2060. The number of phosphoric ester groups is 2. The van der Waals surface area contributed by atoms with Crippen LogP contribution in [0.2, 0.25) is 0 Å². The third kappa shape index (κ3) is 77.5. The van der Waals surface area contributed by atoms with Crippen molar-refractivity contribution in [1.29, 1.82) is 0 Å². The maximum Gasteiger partial charge on any atom is 0.472 e. The molecule has 0 aromatic heterocycles. The highest BCUT2D eigenvalue weighted by Gasteiger charge is 2.30. The lowest BCUT2D eigenvalue weighted by Crippen LogP contribution is -2.30. The van der Waals surface area contributed by atoms with E-state index in [1.54, 1.807) is 0 Å². The van der Waals surface area contributed by atoms with Crippen LogP contribution in [0.3, 0.4) is 0 Å². The summed E-state index contributed by atoms with van der Waals surface area (Å²) in [5.41, 5.74) is 0. The molecular formula is C84H160O17P2. The standard InChI is InChI=1S/C84H160O17P2/c1-6-9-12-15-18-21-24-27-29-30-31-32-33-35-39-45-50-55-60-65-70-84(89)101-80(74-95-82(87)68-63-58-53-48-43-40-36-37-41-46-51-56-61-66-77(4)5)76-99-103(92,93)97-72-78(85)71-96-102(90,91)98-75-79(73-94-81(86)67-62-57-52-47-42-26-23-20-17-14-11-8-3)100-83(88)69-64-59-54-49-44-38-34-28-25-22-19-16-13-10-7-2/h22,25,28,34,77-80,85H,6-21,23-24,26-27,29-33,35-76H2,1-5H3,(H,90,91)(H,92,93)/b25-22-,34-28-/t78-,79+,80+/m0/s1. The molecule has 0 saturated heterocycles. The van der Waals surface area contributed by atoms with Gasteiger partial charge in [0.1, 0.15) is 19.3 Å². The van der Waals surface area contributed by atoms with Crippen molar-refractivity contribution < 1.29 is 80.2 Å². The van der Waals surface area contributed by atoms with Crippen LogP contribution in [0.1, 0.15) is 426 Å². The first-order chi connectivity index (χ1) is 50.0. The third-order valence-corrected chi connectivity index (χ3v) is 21.1. The van der Waals surface area contributed by atoms with E-state index < -0.39 is 97.5 Å². The SMILES string of the molecule is CCCCCC/C=C\C=C/CCCCCCCC(=O)O[C@H](COC(=O)CCCCCCCCCCCCCC)COP(=O)(O)OC[C@H](O)COP(=O)(O)OC[C@@H](COC(=O)CCCCCCCCCCCCCCCC(C)C)OC(=O)CCCCCCCCCCCCCCCCCCCCCC. The van der Waals surface area contributed by atoms with E-state index in [1.165, 1.54) is 238 Å². The summed E-state index contributed by atoms with van der Waals surface area (Å²) in [6.45, 7) is 7.30. The molecule has 0 amide bonds. The van der Waals surface area contributed by atoms with E-state index in [1.807, 2.05) is 0 Å². The number of aliphatic hydroxyl groups excluding tert-OH is 1. The van der Waals surface area contributed by atoms with Crippen molar-refractivity contribution in [2.45, 2.75) is 445 Å². The first-order valence-electron chi connectivity index (χ1n) is 43.0. The number of unbranched alkanes of at least 4 members (excludes halogenated alkanes) is 51. The molecule has 0 heterocycles. The fraction of sp³-hybridized carbons (Fsp3) is 0.905. The van der Waals surface area contributed by atoms with E-state index in [4.69, 9.17) is 37.0 Å². The number of ether oxygens (including phenoxy) is 4. The molecule has 608 valence electrons. The van der Waals surface area contributed by atoms with Crippen LogP contribution in [0.4, 0.5) is 0 Å². The highest BCUT2D eigenvalue weighted by atomic mass is 31.2. The quantitative estimate of drug-likeness (QED) is 0.0169. The zero-order chi connectivity index (χ0) is 75.5. The summed E-state index contributed by atoms with van der Waals surface area (Å²) in [6, 6.07) is 0. The van der Waals surface area contributed by atoms with E-state index >= 15 is 0 Å². The van der Waals surface area contributed by atoms with E-state index in [9.17, 15) is 43.2 Å². The van der Waals surface area contributed by atoms with Gasteiger partial charge in [-0.25, -0.2) is 9.13 Å². The minimum Gasteiger partial charge on any atom is -0.462 e. The molecule has 0 aliphatic carbocycles. The maximum atomic E-state index is 13.1. The second-order valence-corrected chi connectivity index (χ2v) is 32.9. The van der Waals surface area contributed by atoms with Gasteiger partial charge < -0.3 is 33.8 Å². The smallest absolute Gasteiger partial charge is 0.462 e. The largest absolute Gasteiger partial charge is 0.472 e. The predicted octanol–water partition coefficient (Wildman–Crippen LogP) is 25.1. The lowest BCUT2D eigenvalue weighted by atomic mass is 10.0. The highest BCUT2D eigenvalue weighted by molar-refractivity contribution is 7.47. The van der Waals surface area contributed by atoms with Crippen LogP contribution in [0.25, 0.3) is 0 Å². The van der Waals surface area contributed by atoms with Gasteiger partial charge in [-0.3, -0.25) is 37.3 Å². The number of esters is 4. The lowest BCUT2D eigenvalue weighted by Gasteiger charge is -2.21. The van der Waals surface area contributed by atoms with Gasteiger partial charge in [0.25, 0.3) is 0 Å². The van der Waals surface area contributed by atoms with Crippen molar-refractivity contribution in [1.82, 2.24) is 0 Å². The molecule has 17 nitrogen and oxygen atoms in total. The topological polar surface area (TPSA) is 237 Å². The second-order valence-electron chi connectivity index (χ2n) is 30.0. The number of phosphoric acid groups is 2. The Balaban J connectivity index is 5.28. The highest BCUT2D eigenvalue weighted by Crippen LogP contribution is 2.45. The predicted molar refractivity (Wildman–Crippen MR) is 423 cm³/mol. The van der Waals surface area contributed by atoms with Gasteiger partial charge in [-0.05, 0) is 57.3 Å². The van der Waals surface area contributed by atoms with Crippen LogP contribution in [-0.2, 0) is 65.4 Å². The molecule has 2 unspecified atom stereocenters. The van der Waals surface area contributed by atoms with Crippen molar-refractivity contribution in [3.63, 3.8) is 0 Å². The second kappa shape index (κ2) is 76.3. The average Bonchev–Trinajstić information content (AvgIpc) is 0.996. The summed E-state index contributed by atoms with van der Waals surface area (Å²) in [6.07, 6.45) is 71.5. The van der Waals surface area contributed by atoms with Crippen molar-refractivity contribution in [3.8, 4) is 0 Å². The Hall–Kier alpha value is -2.46. The number of hydrogen-bond acceptors (Lipinski definition) is 15. The van der Waals surface area contributed by atoms with Gasteiger partial charge in [-0.2, -0.15) is 0 Å².